The van der Waals surface area contributed by atoms with Crippen molar-refractivity contribution in [2.75, 3.05) is 63.8 Å². The molecule has 0 saturated carbocycles. The zero-order valence-corrected chi connectivity index (χ0v) is 17.6. The second-order valence-corrected chi connectivity index (χ2v) is 8.91. The third kappa shape index (κ3) is 5.00. The summed E-state index contributed by atoms with van der Waals surface area (Å²) in [4.78, 5) is 22.3. The fourth-order valence-corrected chi connectivity index (χ4v) is 5.09. The van der Waals surface area contributed by atoms with Gasteiger partial charge < -0.3 is 9.80 Å². The van der Waals surface area contributed by atoms with Crippen molar-refractivity contribution in [1.82, 2.24) is 14.7 Å². The largest absolute Gasteiger partial charge is 0.369 e. The highest BCUT2D eigenvalue weighted by Gasteiger charge is 2.30. The van der Waals surface area contributed by atoms with E-state index < -0.39 is 0 Å². The van der Waals surface area contributed by atoms with E-state index in [-0.39, 0.29) is 0 Å². The van der Waals surface area contributed by atoms with Crippen LogP contribution in [0.15, 0.2) is 24.3 Å². The summed E-state index contributed by atoms with van der Waals surface area (Å²) in [5.74, 6) is 0.337. The Kier molecular flexibility index (Phi) is 6.76. The number of rotatable bonds is 4. The molecule has 6 heteroatoms. The first kappa shape index (κ1) is 20.0. The van der Waals surface area contributed by atoms with Crippen LogP contribution < -0.4 is 4.90 Å². The van der Waals surface area contributed by atoms with Gasteiger partial charge in [-0.15, -0.1) is 0 Å². The fourth-order valence-electron chi connectivity index (χ4n) is 4.91. The van der Waals surface area contributed by atoms with Gasteiger partial charge in [0, 0.05) is 56.0 Å². The van der Waals surface area contributed by atoms with E-state index in [1.165, 1.54) is 31.4 Å². The number of benzene rings is 1. The average molecular weight is 405 g/mol. The monoisotopic (exact) mass is 404 g/mol. The SMILES string of the molecule is O=C(CN1CCCCC1)N1CCCC(N2CCN(c3cccc(Cl)c3)CC2)C1. The highest BCUT2D eigenvalue weighted by molar-refractivity contribution is 6.30. The van der Waals surface area contributed by atoms with Crippen LogP contribution in [0.1, 0.15) is 32.1 Å². The Bertz CT molecular complexity index is 656. The molecule has 1 unspecified atom stereocenters. The molecule has 4 rings (SSSR count). The molecule has 3 heterocycles. The minimum absolute atomic E-state index is 0.337. The van der Waals surface area contributed by atoms with Gasteiger partial charge in [0.05, 0.1) is 6.54 Å². The van der Waals surface area contributed by atoms with Crippen molar-refractivity contribution >= 4 is 23.2 Å². The number of halogens is 1. The normalized spacial score (nSPS) is 25.1. The summed E-state index contributed by atoms with van der Waals surface area (Å²) in [7, 11) is 0. The van der Waals surface area contributed by atoms with Crippen LogP contribution in [-0.2, 0) is 4.79 Å². The van der Waals surface area contributed by atoms with E-state index in [2.05, 4.69) is 31.7 Å². The van der Waals surface area contributed by atoms with Gasteiger partial charge in [-0.1, -0.05) is 24.1 Å². The smallest absolute Gasteiger partial charge is 0.236 e. The minimum Gasteiger partial charge on any atom is -0.369 e. The van der Waals surface area contributed by atoms with Crippen molar-refractivity contribution in [3.8, 4) is 0 Å². The van der Waals surface area contributed by atoms with Crippen LogP contribution in [0.25, 0.3) is 0 Å². The molecule has 1 amide bonds. The number of piperidine rings is 2. The molecular weight excluding hydrogens is 372 g/mol. The van der Waals surface area contributed by atoms with Gasteiger partial charge in [-0.2, -0.15) is 0 Å². The number of amides is 1. The van der Waals surface area contributed by atoms with Gasteiger partial charge in [0.25, 0.3) is 0 Å². The van der Waals surface area contributed by atoms with Crippen molar-refractivity contribution in [3.63, 3.8) is 0 Å². The maximum absolute atomic E-state index is 12.8. The predicted octanol–water partition coefficient (Wildman–Crippen LogP) is 2.94. The summed E-state index contributed by atoms with van der Waals surface area (Å²) in [5.41, 5.74) is 1.22. The Morgan fingerprint density at radius 1 is 0.964 bits per heavy atom. The van der Waals surface area contributed by atoms with Crippen LogP contribution in [0.2, 0.25) is 5.02 Å². The first-order valence-corrected chi connectivity index (χ1v) is 11.3. The molecule has 3 fully saturated rings. The summed E-state index contributed by atoms with van der Waals surface area (Å²) in [6.45, 7) is 8.82. The average Bonchev–Trinajstić information content (AvgIpc) is 2.75. The summed E-state index contributed by atoms with van der Waals surface area (Å²) < 4.78 is 0. The third-order valence-electron chi connectivity index (χ3n) is 6.56. The van der Waals surface area contributed by atoms with Crippen LogP contribution in [0, 0.1) is 0 Å². The molecule has 154 valence electrons. The number of anilines is 1. The van der Waals surface area contributed by atoms with Crippen molar-refractivity contribution in [2.45, 2.75) is 38.1 Å². The molecule has 0 radical (unpaired) electrons. The van der Waals surface area contributed by atoms with Gasteiger partial charge in [-0.3, -0.25) is 14.6 Å². The van der Waals surface area contributed by atoms with Crippen molar-refractivity contribution < 1.29 is 4.79 Å². The zero-order valence-electron chi connectivity index (χ0n) is 16.9. The first-order valence-electron chi connectivity index (χ1n) is 10.9. The lowest BCUT2D eigenvalue weighted by Gasteiger charge is -2.44. The lowest BCUT2D eigenvalue weighted by atomic mass is 10.0. The molecule has 28 heavy (non-hydrogen) atoms. The fraction of sp³-hybridized carbons (Fsp3) is 0.682. The Balaban J connectivity index is 1.27. The van der Waals surface area contributed by atoms with Gasteiger partial charge >= 0.3 is 0 Å². The highest BCUT2D eigenvalue weighted by atomic mass is 35.5. The summed E-state index contributed by atoms with van der Waals surface area (Å²) in [5, 5.41) is 0.801. The lowest BCUT2D eigenvalue weighted by Crippen LogP contribution is -2.56. The molecule has 0 aliphatic carbocycles. The molecule has 3 aliphatic rings. The zero-order chi connectivity index (χ0) is 19.3. The van der Waals surface area contributed by atoms with Crippen molar-refractivity contribution in [2.24, 2.45) is 0 Å². The van der Waals surface area contributed by atoms with Gasteiger partial charge in [0.1, 0.15) is 0 Å². The number of carbonyl (C=O) groups excluding carboxylic acids is 1. The summed E-state index contributed by atoms with van der Waals surface area (Å²) >= 11 is 6.15. The van der Waals surface area contributed by atoms with E-state index in [4.69, 9.17) is 11.6 Å². The molecular formula is C22H33ClN4O. The minimum atomic E-state index is 0.337. The summed E-state index contributed by atoms with van der Waals surface area (Å²) in [6, 6.07) is 8.67. The topological polar surface area (TPSA) is 30.0 Å². The van der Waals surface area contributed by atoms with Gasteiger partial charge in [0.15, 0.2) is 0 Å². The van der Waals surface area contributed by atoms with E-state index in [0.717, 1.165) is 63.8 Å². The van der Waals surface area contributed by atoms with Crippen LogP contribution >= 0.6 is 11.6 Å². The van der Waals surface area contributed by atoms with Crippen molar-refractivity contribution in [1.29, 1.82) is 0 Å². The number of carbonyl (C=O) groups is 1. The van der Waals surface area contributed by atoms with E-state index in [0.29, 0.717) is 18.5 Å². The van der Waals surface area contributed by atoms with Gasteiger partial charge in [0.2, 0.25) is 5.91 Å². The number of piperazine rings is 1. The maximum Gasteiger partial charge on any atom is 0.236 e. The standard InChI is InChI=1S/C22H33ClN4O/c23-19-6-4-7-20(16-19)25-12-14-26(15-13-25)21-8-5-11-27(17-21)22(28)18-24-9-2-1-3-10-24/h4,6-7,16,21H,1-3,5,8-15,17-18H2. The molecule has 5 nitrogen and oxygen atoms in total. The number of hydrogen-bond donors (Lipinski definition) is 0. The second kappa shape index (κ2) is 9.47. The Labute approximate surface area is 174 Å². The molecule has 1 aromatic carbocycles. The van der Waals surface area contributed by atoms with E-state index in [9.17, 15) is 4.79 Å². The van der Waals surface area contributed by atoms with E-state index in [1.807, 2.05) is 12.1 Å². The van der Waals surface area contributed by atoms with Crippen LogP contribution in [0.3, 0.4) is 0 Å². The number of likely N-dealkylation sites (tertiary alicyclic amines) is 2. The number of nitrogens with zero attached hydrogens (tertiary/aromatic N) is 4. The highest BCUT2D eigenvalue weighted by Crippen LogP contribution is 2.23. The molecule has 0 aromatic heterocycles. The van der Waals surface area contributed by atoms with Crippen molar-refractivity contribution in [3.05, 3.63) is 29.3 Å². The van der Waals surface area contributed by atoms with E-state index >= 15 is 0 Å². The Hall–Kier alpha value is -1.30. The molecule has 0 bridgehead atoms. The Morgan fingerprint density at radius 3 is 2.50 bits per heavy atom. The summed E-state index contributed by atoms with van der Waals surface area (Å²) in [6.07, 6.45) is 6.15. The predicted molar refractivity (Wildman–Crippen MR) is 115 cm³/mol. The van der Waals surface area contributed by atoms with Crippen LogP contribution in [-0.4, -0.2) is 85.6 Å². The molecule has 0 N–H and O–H groups in total. The molecule has 0 spiro atoms. The Morgan fingerprint density at radius 2 is 1.75 bits per heavy atom. The van der Waals surface area contributed by atoms with E-state index in [1.54, 1.807) is 0 Å². The molecule has 1 atom stereocenters. The maximum atomic E-state index is 12.8. The second-order valence-electron chi connectivity index (χ2n) is 8.48. The van der Waals surface area contributed by atoms with Gasteiger partial charge in [-0.25, -0.2) is 0 Å². The molecule has 1 aromatic rings. The van der Waals surface area contributed by atoms with Crippen LogP contribution in [0.4, 0.5) is 5.69 Å². The van der Waals surface area contributed by atoms with Crippen LogP contribution in [0.5, 0.6) is 0 Å². The van der Waals surface area contributed by atoms with Gasteiger partial charge in [-0.05, 0) is 57.0 Å². The molecule has 3 aliphatic heterocycles. The first-order chi connectivity index (χ1) is 13.7. The molecule has 3 saturated heterocycles. The quantitative estimate of drug-likeness (QED) is 0.771. The lowest BCUT2D eigenvalue weighted by molar-refractivity contribution is -0.134. The number of hydrogen-bond acceptors (Lipinski definition) is 4. The third-order valence-corrected chi connectivity index (χ3v) is 6.80.